The van der Waals surface area contributed by atoms with Crippen LogP contribution in [0.5, 0.6) is 0 Å². The standard InChI is InChI=1S/C9H12Cl2N2O2S/c10-5-1-2-7-16(14,15)13-9-8(11)4-3-6-12-9/h3-4,6H,1-2,5,7H2,(H,12,13). The Morgan fingerprint density at radius 1 is 1.38 bits per heavy atom. The van der Waals surface area contributed by atoms with Gasteiger partial charge in [0, 0.05) is 12.1 Å². The third-order valence-electron chi connectivity index (χ3n) is 1.81. The van der Waals surface area contributed by atoms with Crippen LogP contribution in [0, 0.1) is 0 Å². The minimum absolute atomic E-state index is 0.0205. The molecular weight excluding hydrogens is 271 g/mol. The van der Waals surface area contributed by atoms with Gasteiger partial charge in [-0.25, -0.2) is 13.4 Å². The fourth-order valence-electron chi connectivity index (χ4n) is 1.05. The minimum Gasteiger partial charge on any atom is -0.266 e. The molecule has 0 spiro atoms. The maximum absolute atomic E-state index is 11.6. The number of alkyl halides is 1. The van der Waals surface area contributed by atoms with Crippen LogP contribution < -0.4 is 4.72 Å². The summed E-state index contributed by atoms with van der Waals surface area (Å²) in [6.45, 7) is 0. The third kappa shape index (κ3) is 4.55. The Morgan fingerprint density at radius 2 is 2.12 bits per heavy atom. The molecule has 16 heavy (non-hydrogen) atoms. The van der Waals surface area contributed by atoms with Crippen LogP contribution >= 0.6 is 23.2 Å². The van der Waals surface area contributed by atoms with Crippen molar-refractivity contribution in [3.63, 3.8) is 0 Å². The fourth-order valence-corrected chi connectivity index (χ4v) is 2.60. The fraction of sp³-hybridized carbons (Fsp3) is 0.444. The summed E-state index contributed by atoms with van der Waals surface area (Å²) < 4.78 is 25.5. The number of anilines is 1. The van der Waals surface area contributed by atoms with E-state index in [2.05, 4.69) is 9.71 Å². The van der Waals surface area contributed by atoms with Crippen molar-refractivity contribution >= 4 is 39.0 Å². The normalized spacial score (nSPS) is 11.4. The van der Waals surface area contributed by atoms with Crippen LogP contribution in [-0.2, 0) is 10.0 Å². The molecule has 1 rings (SSSR count). The molecule has 0 aromatic carbocycles. The molecule has 0 saturated carbocycles. The van der Waals surface area contributed by atoms with Crippen molar-refractivity contribution < 1.29 is 8.42 Å². The highest BCUT2D eigenvalue weighted by Gasteiger charge is 2.12. The van der Waals surface area contributed by atoms with Crippen LogP contribution in [0.25, 0.3) is 0 Å². The van der Waals surface area contributed by atoms with E-state index in [-0.39, 0.29) is 16.6 Å². The van der Waals surface area contributed by atoms with E-state index in [9.17, 15) is 8.42 Å². The number of unbranched alkanes of at least 4 members (excludes halogenated alkanes) is 1. The van der Waals surface area contributed by atoms with Gasteiger partial charge in [0.25, 0.3) is 0 Å². The van der Waals surface area contributed by atoms with Crippen LogP contribution in [0.3, 0.4) is 0 Å². The highest BCUT2D eigenvalue weighted by molar-refractivity contribution is 7.92. The average molecular weight is 283 g/mol. The Bertz CT molecular complexity index is 437. The molecule has 4 nitrogen and oxygen atoms in total. The molecule has 90 valence electrons. The Hall–Kier alpha value is -0.520. The maximum Gasteiger partial charge on any atom is 0.233 e. The number of hydrogen-bond acceptors (Lipinski definition) is 3. The van der Waals surface area contributed by atoms with Crippen molar-refractivity contribution in [3.8, 4) is 0 Å². The number of nitrogens with one attached hydrogen (secondary N) is 1. The Labute approximate surface area is 105 Å². The van der Waals surface area contributed by atoms with Crippen molar-refractivity contribution in [2.45, 2.75) is 12.8 Å². The highest BCUT2D eigenvalue weighted by Crippen LogP contribution is 2.18. The monoisotopic (exact) mass is 282 g/mol. The average Bonchev–Trinajstić information content (AvgIpc) is 2.21. The summed E-state index contributed by atoms with van der Waals surface area (Å²) in [7, 11) is -3.38. The van der Waals surface area contributed by atoms with Crippen molar-refractivity contribution in [2.24, 2.45) is 0 Å². The van der Waals surface area contributed by atoms with E-state index in [1.54, 1.807) is 12.1 Å². The molecular formula is C9H12Cl2N2O2S. The first-order valence-electron chi connectivity index (χ1n) is 4.72. The van der Waals surface area contributed by atoms with Gasteiger partial charge in [0.05, 0.1) is 10.8 Å². The molecule has 0 bridgehead atoms. The highest BCUT2D eigenvalue weighted by atomic mass is 35.5. The summed E-state index contributed by atoms with van der Waals surface area (Å²) in [6.07, 6.45) is 2.66. The first-order valence-corrected chi connectivity index (χ1v) is 7.28. The zero-order chi connectivity index (χ0) is 12.0. The second kappa shape index (κ2) is 6.27. The molecule has 0 aliphatic rings. The van der Waals surface area contributed by atoms with Crippen LogP contribution in [0.15, 0.2) is 18.3 Å². The van der Waals surface area contributed by atoms with Gasteiger partial charge in [-0.15, -0.1) is 11.6 Å². The van der Waals surface area contributed by atoms with Crippen molar-refractivity contribution in [2.75, 3.05) is 16.4 Å². The van der Waals surface area contributed by atoms with Crippen LogP contribution in [0.4, 0.5) is 5.82 Å². The van der Waals surface area contributed by atoms with Crippen LogP contribution in [-0.4, -0.2) is 25.0 Å². The molecule has 0 amide bonds. The Kier molecular flexibility index (Phi) is 5.31. The predicted molar refractivity (Wildman–Crippen MR) is 66.6 cm³/mol. The largest absolute Gasteiger partial charge is 0.266 e. The molecule has 0 aliphatic carbocycles. The number of nitrogens with zero attached hydrogens (tertiary/aromatic N) is 1. The van der Waals surface area contributed by atoms with Crippen molar-refractivity contribution in [1.82, 2.24) is 4.98 Å². The van der Waals surface area contributed by atoms with Gasteiger partial charge in [0.2, 0.25) is 10.0 Å². The number of sulfonamides is 1. The maximum atomic E-state index is 11.6. The molecule has 1 aromatic rings. The van der Waals surface area contributed by atoms with E-state index >= 15 is 0 Å². The SMILES string of the molecule is O=S(=O)(CCCCCl)Nc1ncccc1Cl. The second-order valence-corrected chi connectivity index (χ2v) is 5.78. The Morgan fingerprint density at radius 3 is 2.75 bits per heavy atom. The summed E-state index contributed by atoms with van der Waals surface area (Å²) in [6, 6.07) is 3.21. The predicted octanol–water partition coefficient (Wildman–Crippen LogP) is 2.50. The van der Waals surface area contributed by atoms with Crippen LogP contribution in [0.1, 0.15) is 12.8 Å². The zero-order valence-corrected chi connectivity index (χ0v) is 10.8. The molecule has 0 fully saturated rings. The number of rotatable bonds is 6. The molecule has 1 heterocycles. The molecule has 0 saturated heterocycles. The smallest absolute Gasteiger partial charge is 0.233 e. The van der Waals surface area contributed by atoms with Gasteiger partial charge in [-0.2, -0.15) is 0 Å². The number of aromatic nitrogens is 1. The van der Waals surface area contributed by atoms with Gasteiger partial charge < -0.3 is 0 Å². The molecule has 7 heteroatoms. The zero-order valence-electron chi connectivity index (χ0n) is 8.49. The summed E-state index contributed by atoms with van der Waals surface area (Å²) in [5.41, 5.74) is 0. The number of hydrogen-bond donors (Lipinski definition) is 1. The van der Waals surface area contributed by atoms with E-state index in [4.69, 9.17) is 23.2 Å². The summed E-state index contributed by atoms with van der Waals surface area (Å²) in [5, 5.41) is 0.281. The molecule has 0 radical (unpaired) electrons. The molecule has 0 atom stereocenters. The van der Waals surface area contributed by atoms with E-state index in [0.717, 1.165) is 0 Å². The van der Waals surface area contributed by atoms with E-state index in [1.807, 2.05) is 0 Å². The lowest BCUT2D eigenvalue weighted by molar-refractivity contribution is 0.598. The first kappa shape index (κ1) is 13.5. The quantitative estimate of drug-likeness (QED) is 0.644. The molecule has 1 aromatic heterocycles. The number of halogens is 2. The molecule has 0 aliphatic heterocycles. The van der Waals surface area contributed by atoms with Gasteiger partial charge in [-0.3, -0.25) is 4.72 Å². The summed E-state index contributed by atoms with van der Waals surface area (Å²) in [5.74, 6) is 0.641. The second-order valence-electron chi connectivity index (χ2n) is 3.15. The van der Waals surface area contributed by atoms with E-state index < -0.39 is 10.0 Å². The minimum atomic E-state index is -3.38. The van der Waals surface area contributed by atoms with E-state index in [0.29, 0.717) is 18.7 Å². The molecule has 0 unspecified atom stereocenters. The van der Waals surface area contributed by atoms with Gasteiger partial charge in [-0.05, 0) is 25.0 Å². The number of pyridine rings is 1. The third-order valence-corrected chi connectivity index (χ3v) is 3.71. The lowest BCUT2D eigenvalue weighted by Gasteiger charge is -2.07. The lowest BCUT2D eigenvalue weighted by atomic mass is 10.4. The lowest BCUT2D eigenvalue weighted by Crippen LogP contribution is -2.17. The van der Waals surface area contributed by atoms with Crippen molar-refractivity contribution in [3.05, 3.63) is 23.4 Å². The Balaban J connectivity index is 2.63. The van der Waals surface area contributed by atoms with Crippen LogP contribution in [0.2, 0.25) is 5.02 Å². The van der Waals surface area contributed by atoms with Gasteiger partial charge in [0.15, 0.2) is 5.82 Å². The van der Waals surface area contributed by atoms with E-state index in [1.165, 1.54) is 6.20 Å². The van der Waals surface area contributed by atoms with Gasteiger partial charge in [-0.1, -0.05) is 11.6 Å². The van der Waals surface area contributed by atoms with Gasteiger partial charge >= 0.3 is 0 Å². The van der Waals surface area contributed by atoms with Crippen molar-refractivity contribution in [1.29, 1.82) is 0 Å². The van der Waals surface area contributed by atoms with Gasteiger partial charge in [0.1, 0.15) is 0 Å². The molecule has 1 N–H and O–H groups in total. The topological polar surface area (TPSA) is 59.1 Å². The summed E-state index contributed by atoms with van der Waals surface area (Å²) >= 11 is 11.2. The first-order chi connectivity index (χ1) is 7.55. The summed E-state index contributed by atoms with van der Waals surface area (Å²) in [4.78, 5) is 3.84.